The first-order valence-corrected chi connectivity index (χ1v) is 8.54. The van der Waals surface area contributed by atoms with Gasteiger partial charge in [0.25, 0.3) is 0 Å². The Morgan fingerprint density at radius 2 is 2.00 bits per heavy atom. The Morgan fingerprint density at radius 1 is 1.22 bits per heavy atom. The maximum Gasteiger partial charge on any atom is 0.249 e. The van der Waals surface area contributed by atoms with Gasteiger partial charge in [-0.2, -0.15) is 4.98 Å². The lowest BCUT2D eigenvalue weighted by atomic mass is 10.1. The lowest BCUT2D eigenvalue weighted by molar-refractivity contribution is -0.121. The zero-order valence-electron chi connectivity index (χ0n) is 14.6. The van der Waals surface area contributed by atoms with Crippen molar-refractivity contribution < 1.29 is 13.7 Å². The number of hydrogen-bond acceptors (Lipinski definition) is 4. The molecule has 4 rings (SSSR count). The molecule has 6 nitrogen and oxygen atoms in total. The lowest BCUT2D eigenvalue weighted by Gasteiger charge is -2.09. The summed E-state index contributed by atoms with van der Waals surface area (Å²) in [6.07, 6.45) is 2.08. The van der Waals surface area contributed by atoms with Crippen LogP contribution >= 0.6 is 0 Å². The van der Waals surface area contributed by atoms with Gasteiger partial charge in [0, 0.05) is 22.7 Å². The van der Waals surface area contributed by atoms with E-state index in [1.807, 2.05) is 30.5 Å². The van der Waals surface area contributed by atoms with Crippen LogP contribution in [0.25, 0.3) is 22.3 Å². The number of halogens is 1. The van der Waals surface area contributed by atoms with Crippen LogP contribution in [-0.2, 0) is 11.2 Å². The second kappa shape index (κ2) is 7.03. The van der Waals surface area contributed by atoms with E-state index in [9.17, 15) is 9.18 Å². The molecule has 2 heterocycles. The predicted octanol–water partition coefficient (Wildman–Crippen LogP) is 3.78. The Morgan fingerprint density at radius 3 is 2.81 bits per heavy atom. The number of hydrogen-bond donors (Lipinski definition) is 2. The van der Waals surface area contributed by atoms with Crippen LogP contribution in [0.4, 0.5) is 4.39 Å². The van der Waals surface area contributed by atoms with Crippen molar-refractivity contribution in [2.45, 2.75) is 19.4 Å². The van der Waals surface area contributed by atoms with Gasteiger partial charge in [-0.25, -0.2) is 4.39 Å². The van der Waals surface area contributed by atoms with Crippen LogP contribution in [0.5, 0.6) is 0 Å². The molecule has 0 radical (unpaired) electrons. The van der Waals surface area contributed by atoms with Gasteiger partial charge in [0.1, 0.15) is 11.9 Å². The highest BCUT2D eigenvalue weighted by atomic mass is 19.1. The zero-order valence-corrected chi connectivity index (χ0v) is 14.6. The minimum atomic E-state index is -0.440. The SMILES string of the molecule is CC(NC(=O)Cc1c[nH]c2ccccc12)c1nc(-c2ccc(F)cc2)no1. The van der Waals surface area contributed by atoms with Crippen LogP contribution in [0.15, 0.2) is 59.3 Å². The van der Waals surface area contributed by atoms with Gasteiger partial charge in [0.05, 0.1) is 6.42 Å². The molecule has 0 aliphatic carbocycles. The summed E-state index contributed by atoms with van der Waals surface area (Å²) in [4.78, 5) is 19.8. The van der Waals surface area contributed by atoms with Crippen LogP contribution in [0, 0.1) is 5.82 Å². The smallest absolute Gasteiger partial charge is 0.249 e. The minimum Gasteiger partial charge on any atom is -0.361 e. The van der Waals surface area contributed by atoms with Crippen LogP contribution in [0.2, 0.25) is 0 Å². The molecule has 1 unspecified atom stereocenters. The summed E-state index contributed by atoms with van der Waals surface area (Å²) in [5.41, 5.74) is 2.56. The van der Waals surface area contributed by atoms with E-state index in [2.05, 4.69) is 20.4 Å². The third-order valence-electron chi connectivity index (χ3n) is 4.32. The molecule has 2 aromatic carbocycles. The summed E-state index contributed by atoms with van der Waals surface area (Å²) in [5, 5.41) is 7.78. The molecule has 1 amide bonds. The van der Waals surface area contributed by atoms with Gasteiger partial charge in [0.15, 0.2) is 0 Å². The molecule has 0 bridgehead atoms. The second-order valence-corrected chi connectivity index (χ2v) is 6.29. The summed E-state index contributed by atoms with van der Waals surface area (Å²) in [6, 6.07) is 13.2. The molecule has 7 heteroatoms. The van der Waals surface area contributed by atoms with Crippen LogP contribution < -0.4 is 5.32 Å². The molecule has 0 saturated heterocycles. The molecular formula is C20H17FN4O2. The molecule has 27 heavy (non-hydrogen) atoms. The standard InChI is InChI=1S/C20H17FN4O2/c1-12(20-24-19(25-27-20)13-6-8-15(21)9-7-13)23-18(26)10-14-11-22-17-5-3-2-4-16(14)17/h2-9,11-12,22H,10H2,1H3,(H,23,26). The zero-order chi connectivity index (χ0) is 18.8. The highest BCUT2D eigenvalue weighted by Gasteiger charge is 2.18. The van der Waals surface area contributed by atoms with Crippen molar-refractivity contribution in [2.75, 3.05) is 0 Å². The number of H-pyrrole nitrogens is 1. The molecule has 2 aromatic heterocycles. The fourth-order valence-electron chi connectivity index (χ4n) is 2.93. The number of fused-ring (bicyclic) bond motifs is 1. The number of benzene rings is 2. The number of nitrogens with one attached hydrogen (secondary N) is 2. The van der Waals surface area contributed by atoms with Gasteiger partial charge in [-0.1, -0.05) is 23.4 Å². The fourth-order valence-corrected chi connectivity index (χ4v) is 2.93. The summed E-state index contributed by atoms with van der Waals surface area (Å²) in [5.74, 6) is 0.165. The number of aromatic nitrogens is 3. The Kier molecular flexibility index (Phi) is 4.42. The molecular weight excluding hydrogens is 347 g/mol. The maximum absolute atomic E-state index is 13.0. The lowest BCUT2D eigenvalue weighted by Crippen LogP contribution is -2.28. The van der Waals surface area contributed by atoms with Crippen molar-refractivity contribution in [1.82, 2.24) is 20.4 Å². The quantitative estimate of drug-likeness (QED) is 0.564. The van der Waals surface area contributed by atoms with E-state index in [0.717, 1.165) is 16.5 Å². The largest absolute Gasteiger partial charge is 0.361 e. The van der Waals surface area contributed by atoms with E-state index in [4.69, 9.17) is 4.52 Å². The van der Waals surface area contributed by atoms with Gasteiger partial charge >= 0.3 is 0 Å². The number of nitrogens with zero attached hydrogens (tertiary/aromatic N) is 2. The minimum absolute atomic E-state index is 0.145. The first-order chi connectivity index (χ1) is 13.1. The van der Waals surface area contributed by atoms with Crippen molar-refractivity contribution in [1.29, 1.82) is 0 Å². The number of rotatable bonds is 5. The molecule has 0 fully saturated rings. The van der Waals surface area contributed by atoms with Crippen molar-refractivity contribution in [3.8, 4) is 11.4 Å². The number of carbonyl (C=O) groups is 1. The van der Waals surface area contributed by atoms with Gasteiger partial charge in [-0.15, -0.1) is 0 Å². The Balaban J connectivity index is 1.43. The number of carbonyl (C=O) groups excluding carboxylic acids is 1. The molecule has 136 valence electrons. The van der Waals surface area contributed by atoms with Crippen LogP contribution in [0.3, 0.4) is 0 Å². The van der Waals surface area contributed by atoms with Gasteiger partial charge in [0.2, 0.25) is 17.6 Å². The Labute approximate surface area is 154 Å². The normalized spacial score (nSPS) is 12.2. The first-order valence-electron chi connectivity index (χ1n) is 8.54. The maximum atomic E-state index is 13.0. The van der Waals surface area contributed by atoms with E-state index in [1.54, 1.807) is 19.1 Å². The average molecular weight is 364 g/mol. The van der Waals surface area contributed by atoms with Gasteiger partial charge in [-0.3, -0.25) is 4.79 Å². The van der Waals surface area contributed by atoms with Crippen molar-refractivity contribution in [2.24, 2.45) is 0 Å². The molecule has 0 aliphatic rings. The monoisotopic (exact) mass is 364 g/mol. The number of para-hydroxylation sites is 1. The summed E-state index contributed by atoms with van der Waals surface area (Å²) < 4.78 is 18.3. The van der Waals surface area contributed by atoms with Crippen LogP contribution in [0.1, 0.15) is 24.4 Å². The topological polar surface area (TPSA) is 83.8 Å². The highest BCUT2D eigenvalue weighted by Crippen LogP contribution is 2.20. The molecule has 0 saturated carbocycles. The third kappa shape index (κ3) is 3.57. The molecule has 0 spiro atoms. The van der Waals surface area contributed by atoms with Crippen LogP contribution in [-0.4, -0.2) is 21.0 Å². The van der Waals surface area contributed by atoms with E-state index < -0.39 is 6.04 Å². The molecule has 2 N–H and O–H groups in total. The summed E-state index contributed by atoms with van der Waals surface area (Å²) >= 11 is 0. The highest BCUT2D eigenvalue weighted by molar-refractivity contribution is 5.88. The Bertz CT molecular complexity index is 1080. The molecule has 0 aliphatic heterocycles. The van der Waals surface area contributed by atoms with Gasteiger partial charge < -0.3 is 14.8 Å². The van der Waals surface area contributed by atoms with Gasteiger partial charge in [-0.05, 0) is 42.8 Å². The summed E-state index contributed by atoms with van der Waals surface area (Å²) in [7, 11) is 0. The number of amides is 1. The molecule has 4 aromatic rings. The first kappa shape index (κ1) is 17.0. The fraction of sp³-hybridized carbons (Fsp3) is 0.150. The predicted molar refractivity (Wildman–Crippen MR) is 98.3 cm³/mol. The van der Waals surface area contributed by atoms with E-state index in [0.29, 0.717) is 17.3 Å². The Hall–Kier alpha value is -3.48. The van der Waals surface area contributed by atoms with E-state index >= 15 is 0 Å². The summed E-state index contributed by atoms with van der Waals surface area (Å²) in [6.45, 7) is 1.77. The number of aromatic amines is 1. The molecule has 1 atom stereocenters. The second-order valence-electron chi connectivity index (χ2n) is 6.29. The van der Waals surface area contributed by atoms with E-state index in [1.165, 1.54) is 12.1 Å². The van der Waals surface area contributed by atoms with E-state index in [-0.39, 0.29) is 18.1 Å². The van der Waals surface area contributed by atoms with Crippen molar-refractivity contribution in [3.05, 3.63) is 72.0 Å². The average Bonchev–Trinajstić information content (AvgIpc) is 3.30. The van der Waals surface area contributed by atoms with Crippen molar-refractivity contribution >= 4 is 16.8 Å². The third-order valence-corrected chi connectivity index (χ3v) is 4.32. The van der Waals surface area contributed by atoms with Crippen molar-refractivity contribution in [3.63, 3.8) is 0 Å².